The van der Waals surface area contributed by atoms with Gasteiger partial charge in [-0.25, -0.2) is 23.1 Å². The highest BCUT2D eigenvalue weighted by atomic mass is 19.3. The van der Waals surface area contributed by atoms with Gasteiger partial charge >= 0.3 is 0 Å². The molecule has 6 radical (unpaired) electrons. The number of nitrogen functional groups attached to an aromatic ring is 1. The Labute approximate surface area is 222 Å². The molecule has 14 heteroatoms. The van der Waals surface area contributed by atoms with Gasteiger partial charge in [-0.3, -0.25) is 14.2 Å². The molecule has 4 rings (SSSR count). The summed E-state index contributed by atoms with van der Waals surface area (Å²) in [5.74, 6) is -0.717. The van der Waals surface area contributed by atoms with Crippen molar-refractivity contribution in [2.24, 2.45) is 7.05 Å². The molecule has 38 heavy (non-hydrogen) atoms. The summed E-state index contributed by atoms with van der Waals surface area (Å²) in [4.78, 5) is 34.4. The van der Waals surface area contributed by atoms with E-state index < -0.39 is 28.7 Å². The number of anilines is 1. The number of hydrogen-bond acceptors (Lipinski definition) is 6. The molecule has 1 unspecified atom stereocenters. The van der Waals surface area contributed by atoms with Gasteiger partial charge in [0.05, 0.1) is 46.6 Å². The summed E-state index contributed by atoms with van der Waals surface area (Å²) in [7, 11) is 18.5. The number of hydrogen-bond donors (Lipinski definition) is 1. The number of likely N-dealkylation sites (tertiary alicyclic amines) is 1. The number of carbonyl (C=O) groups is 1. The number of fused-ring (bicyclic) bond motifs is 1. The zero-order valence-electron chi connectivity index (χ0n) is 21.2. The van der Waals surface area contributed by atoms with Crippen molar-refractivity contribution in [2.75, 3.05) is 18.8 Å². The Morgan fingerprint density at radius 3 is 2.53 bits per heavy atom. The van der Waals surface area contributed by atoms with E-state index in [2.05, 4.69) is 9.97 Å². The van der Waals surface area contributed by atoms with Crippen LogP contribution >= 0.6 is 0 Å². The van der Waals surface area contributed by atoms with E-state index in [0.717, 1.165) is 6.07 Å². The van der Waals surface area contributed by atoms with Crippen LogP contribution in [0.3, 0.4) is 0 Å². The fraction of sp³-hybridized carbons (Fsp3) is 0.417. The van der Waals surface area contributed by atoms with Gasteiger partial charge < -0.3 is 15.4 Å². The van der Waals surface area contributed by atoms with Crippen LogP contribution in [0, 0.1) is 5.82 Å². The van der Waals surface area contributed by atoms with Crippen molar-refractivity contribution >= 4 is 46.3 Å². The number of aryl methyl sites for hydroxylation is 2. The molecule has 2 N–H and O–H groups in total. The summed E-state index contributed by atoms with van der Waals surface area (Å²) in [6.45, 7) is 3.62. The number of nitrogens with zero attached hydrogens (tertiary/aromatic N) is 4. The maximum atomic E-state index is 13.0. The van der Waals surface area contributed by atoms with Gasteiger partial charge in [-0.2, -0.15) is 0 Å². The number of halogens is 3. The summed E-state index contributed by atoms with van der Waals surface area (Å²) < 4.78 is 44.3. The normalized spacial score (nSPS) is 17.5. The van der Waals surface area contributed by atoms with Crippen molar-refractivity contribution in [1.29, 1.82) is 0 Å². The second-order valence-corrected chi connectivity index (χ2v) is 9.03. The van der Waals surface area contributed by atoms with Crippen molar-refractivity contribution in [3.05, 3.63) is 63.5 Å². The van der Waals surface area contributed by atoms with Crippen LogP contribution < -0.4 is 11.3 Å². The molecule has 8 nitrogen and oxygen atoms in total. The number of amides is 1. The van der Waals surface area contributed by atoms with Gasteiger partial charge in [-0.15, -0.1) is 0 Å². The third-order valence-corrected chi connectivity index (χ3v) is 6.30. The molecule has 3 aromatic rings. The van der Waals surface area contributed by atoms with E-state index in [1.807, 2.05) is 0 Å². The first-order valence-corrected chi connectivity index (χ1v) is 11.7. The van der Waals surface area contributed by atoms with Crippen molar-refractivity contribution < 1.29 is 22.7 Å². The molecule has 1 aromatic carbocycles. The van der Waals surface area contributed by atoms with Gasteiger partial charge in [0.2, 0.25) is 5.91 Å². The molecule has 1 amide bonds. The number of nitrogens with two attached hydrogens (primary N) is 1. The van der Waals surface area contributed by atoms with Crippen LogP contribution in [0.5, 0.6) is 0 Å². The topological polar surface area (TPSA) is 103 Å². The van der Waals surface area contributed by atoms with E-state index in [1.165, 1.54) is 30.0 Å². The SMILES string of the molecule is CCc1cccc(C(F)F)c1F.[B]C([B])([B])OC1(c2cc3c(N)ncnc3n(C)c2=O)CCN(C(C)=O)C1. The third-order valence-electron chi connectivity index (χ3n) is 6.30. The molecule has 1 fully saturated rings. The van der Waals surface area contributed by atoms with Gasteiger partial charge in [-0.1, -0.05) is 25.1 Å². The summed E-state index contributed by atoms with van der Waals surface area (Å²) in [6, 6.07) is 5.63. The van der Waals surface area contributed by atoms with Gasteiger partial charge in [0.1, 0.15) is 29.2 Å². The summed E-state index contributed by atoms with van der Waals surface area (Å²) in [6.07, 6.45) is -0.710. The minimum Gasteiger partial charge on any atom is -0.390 e. The Kier molecular flexibility index (Phi) is 8.65. The quantitative estimate of drug-likeness (QED) is 0.515. The van der Waals surface area contributed by atoms with E-state index in [4.69, 9.17) is 34.0 Å². The van der Waals surface area contributed by atoms with Crippen molar-refractivity contribution in [1.82, 2.24) is 19.4 Å². The fourth-order valence-corrected chi connectivity index (χ4v) is 4.40. The van der Waals surface area contributed by atoms with Gasteiger partial charge in [0, 0.05) is 26.9 Å². The van der Waals surface area contributed by atoms with Crippen LogP contribution in [0.25, 0.3) is 11.0 Å². The lowest BCUT2D eigenvalue weighted by Crippen LogP contribution is -2.49. The van der Waals surface area contributed by atoms with Crippen LogP contribution in [-0.2, 0) is 28.6 Å². The third kappa shape index (κ3) is 6.06. The summed E-state index contributed by atoms with van der Waals surface area (Å²) in [5, 5.41) is -1.52. The molecule has 0 saturated carbocycles. The van der Waals surface area contributed by atoms with Crippen LogP contribution in [0.4, 0.5) is 19.0 Å². The lowest BCUT2D eigenvalue weighted by atomic mass is 9.52. The van der Waals surface area contributed by atoms with Gasteiger partial charge in [0.15, 0.2) is 0 Å². The highest BCUT2D eigenvalue weighted by Crippen LogP contribution is 2.37. The predicted octanol–water partition coefficient (Wildman–Crippen LogP) is 1.82. The highest BCUT2D eigenvalue weighted by molar-refractivity contribution is 6.58. The summed E-state index contributed by atoms with van der Waals surface area (Å²) in [5.41, 5.74) is 4.76. The second-order valence-electron chi connectivity index (χ2n) is 9.03. The molecule has 1 atom stereocenters. The number of carbonyl (C=O) groups excluding carboxylic acids is 1. The molecule has 0 aliphatic carbocycles. The number of aromatic nitrogens is 3. The Hall–Kier alpha value is -3.28. The lowest BCUT2D eigenvalue weighted by molar-refractivity contribution is -0.129. The first-order valence-electron chi connectivity index (χ1n) is 11.7. The second kappa shape index (κ2) is 11.2. The lowest BCUT2D eigenvalue weighted by Gasteiger charge is -2.38. The van der Waals surface area contributed by atoms with E-state index in [-0.39, 0.29) is 29.4 Å². The Balaban J connectivity index is 0.000000279. The van der Waals surface area contributed by atoms with Crippen LogP contribution in [0.2, 0.25) is 0 Å². The molecule has 1 aliphatic rings. The molecule has 0 bridgehead atoms. The first-order chi connectivity index (χ1) is 17.7. The fourth-order valence-electron chi connectivity index (χ4n) is 4.40. The standard InChI is InChI=1S/C15H16B3N5O3.C9H9F3/c1-8(24)23-4-3-14(6-23,26-15(16,17)18)10-5-9-11(19)20-7-21-12(9)22(2)13(10)25;1-2-6-4-3-5-7(8(6)10)9(11)12/h5,7H,3-4,6H2,1-2H3,(H2,19,20,21);3-5,9H,2H2,1H3. The van der Waals surface area contributed by atoms with Gasteiger partial charge in [-0.05, 0) is 23.3 Å². The Bertz CT molecular complexity index is 1400. The molecular formula is C24H25B3F3N5O3. The number of alkyl halides is 2. The van der Waals surface area contributed by atoms with Crippen LogP contribution in [-0.4, -0.2) is 67.3 Å². The largest absolute Gasteiger partial charge is 0.390 e. The van der Waals surface area contributed by atoms with E-state index in [9.17, 15) is 22.8 Å². The predicted molar refractivity (Wildman–Crippen MR) is 140 cm³/mol. The number of ether oxygens (including phenoxy) is 1. The van der Waals surface area contributed by atoms with E-state index >= 15 is 0 Å². The van der Waals surface area contributed by atoms with E-state index in [1.54, 1.807) is 24.9 Å². The summed E-state index contributed by atoms with van der Waals surface area (Å²) >= 11 is 0. The molecule has 2 aromatic heterocycles. The van der Waals surface area contributed by atoms with Crippen LogP contribution in [0.15, 0.2) is 35.4 Å². The average molecular weight is 521 g/mol. The average Bonchev–Trinajstić information content (AvgIpc) is 3.25. The number of benzene rings is 1. The number of pyridine rings is 1. The van der Waals surface area contributed by atoms with Crippen LogP contribution in [0.1, 0.15) is 43.4 Å². The van der Waals surface area contributed by atoms with Crippen molar-refractivity contribution in [3.63, 3.8) is 0 Å². The maximum Gasteiger partial charge on any atom is 0.266 e. The first kappa shape index (κ1) is 29.3. The Morgan fingerprint density at radius 1 is 1.29 bits per heavy atom. The molecular weight excluding hydrogens is 496 g/mol. The monoisotopic (exact) mass is 521 g/mol. The number of rotatable bonds is 5. The minimum atomic E-state index is -2.73. The molecule has 3 heterocycles. The van der Waals surface area contributed by atoms with E-state index in [0.29, 0.717) is 36.0 Å². The maximum absolute atomic E-state index is 13.0. The zero-order valence-corrected chi connectivity index (χ0v) is 21.2. The smallest absolute Gasteiger partial charge is 0.266 e. The van der Waals surface area contributed by atoms with Crippen molar-refractivity contribution in [3.8, 4) is 0 Å². The zero-order chi connectivity index (χ0) is 28.4. The highest BCUT2D eigenvalue weighted by Gasteiger charge is 2.46. The van der Waals surface area contributed by atoms with Crippen molar-refractivity contribution in [2.45, 2.75) is 44.0 Å². The Morgan fingerprint density at radius 2 is 1.97 bits per heavy atom. The minimum absolute atomic E-state index is 0.0873. The molecule has 0 spiro atoms. The molecule has 1 aliphatic heterocycles. The van der Waals surface area contributed by atoms with Gasteiger partial charge in [0.25, 0.3) is 12.0 Å². The molecule has 1 saturated heterocycles. The molecule has 194 valence electrons.